The van der Waals surface area contributed by atoms with Crippen LogP contribution < -0.4 is 5.73 Å². The fourth-order valence-electron chi connectivity index (χ4n) is 1.60. The second kappa shape index (κ2) is 10.8. The zero-order valence-corrected chi connectivity index (χ0v) is 14.3. The molecule has 0 saturated carbocycles. The molecule has 0 aromatic rings. The summed E-state index contributed by atoms with van der Waals surface area (Å²) in [6.07, 6.45) is 0.708. The van der Waals surface area contributed by atoms with E-state index in [1.165, 1.54) is 0 Å². The number of carbonyl (C=O) groups is 1. The number of carbonyl (C=O) groups excluding carboxylic acids is 1. The number of likely N-dealkylation sites (N-methyl/N-ethyl adjacent to an activating group) is 1. The summed E-state index contributed by atoms with van der Waals surface area (Å²) >= 11 is 0.989. The minimum atomic E-state index is -1.97. The summed E-state index contributed by atoms with van der Waals surface area (Å²) < 4.78 is 5.17. The van der Waals surface area contributed by atoms with E-state index in [4.69, 9.17) is 20.3 Å². The highest BCUT2D eigenvalue weighted by Crippen LogP contribution is 2.40. The number of nitrogens with two attached hydrogens (primary N) is 1. The van der Waals surface area contributed by atoms with Crippen molar-refractivity contribution in [1.29, 1.82) is 0 Å². The highest BCUT2D eigenvalue weighted by Gasteiger charge is 2.29. The Labute approximate surface area is 126 Å². The molecule has 0 spiro atoms. The molecule has 8 heteroatoms. The predicted molar refractivity (Wildman–Crippen MR) is 84.3 cm³/mol. The third kappa shape index (κ3) is 9.10. The maximum absolute atomic E-state index is 12.0. The van der Waals surface area contributed by atoms with Crippen LogP contribution >= 0.6 is 19.0 Å². The highest BCUT2D eigenvalue weighted by molar-refractivity contribution is 8.52. The van der Waals surface area contributed by atoms with Crippen LogP contribution in [0.1, 0.15) is 27.2 Å². The fraction of sp³-hybridized carbons (Fsp3) is 0.917. The molecular weight excluding hydrogens is 299 g/mol. The van der Waals surface area contributed by atoms with Gasteiger partial charge in [0.2, 0.25) is 7.58 Å². The molecule has 0 aromatic carbocycles. The van der Waals surface area contributed by atoms with E-state index in [1.54, 1.807) is 0 Å². The average Bonchev–Trinajstić information content (AvgIpc) is 2.39. The van der Waals surface area contributed by atoms with Gasteiger partial charge >= 0.3 is 5.97 Å². The molecule has 0 rings (SSSR count). The van der Waals surface area contributed by atoms with Gasteiger partial charge in [-0.2, -0.15) is 0 Å². The first-order chi connectivity index (χ1) is 9.33. The predicted octanol–water partition coefficient (Wildman–Crippen LogP) is 1.17. The Morgan fingerprint density at radius 3 is 2.55 bits per heavy atom. The molecule has 0 bridgehead atoms. The van der Waals surface area contributed by atoms with E-state index in [0.717, 1.165) is 31.0 Å². The SMILES string of the molecule is CCN(CCN)CCC(C)(C)C(=O)OCCSP(O)O. The van der Waals surface area contributed by atoms with E-state index in [0.29, 0.717) is 18.7 Å². The molecule has 0 aliphatic carbocycles. The molecule has 0 aromatic heterocycles. The second-order valence-corrected chi connectivity index (χ2v) is 8.01. The zero-order chi connectivity index (χ0) is 15.6. The van der Waals surface area contributed by atoms with Crippen LogP contribution in [-0.4, -0.2) is 59.2 Å². The van der Waals surface area contributed by atoms with Crippen LogP contribution in [0, 0.1) is 5.41 Å². The van der Waals surface area contributed by atoms with Crippen molar-refractivity contribution < 1.29 is 19.3 Å². The van der Waals surface area contributed by atoms with Crippen LogP contribution in [0.3, 0.4) is 0 Å². The second-order valence-electron chi connectivity index (χ2n) is 5.08. The third-order valence-electron chi connectivity index (χ3n) is 3.02. The number of nitrogens with zero attached hydrogens (tertiary/aromatic N) is 1. The van der Waals surface area contributed by atoms with E-state index in [1.807, 2.05) is 13.8 Å². The van der Waals surface area contributed by atoms with Gasteiger partial charge in [-0.05, 0) is 33.4 Å². The minimum Gasteiger partial charge on any atom is -0.464 e. The topological polar surface area (TPSA) is 96.0 Å². The summed E-state index contributed by atoms with van der Waals surface area (Å²) in [6, 6.07) is 0. The molecule has 0 saturated heterocycles. The molecule has 0 unspecified atom stereocenters. The summed E-state index contributed by atoms with van der Waals surface area (Å²) in [5.74, 6) is 0.150. The lowest BCUT2D eigenvalue weighted by molar-refractivity contribution is -0.153. The van der Waals surface area contributed by atoms with Crippen molar-refractivity contribution in [3.63, 3.8) is 0 Å². The largest absolute Gasteiger partial charge is 0.464 e. The first kappa shape index (κ1) is 20.1. The molecule has 20 heavy (non-hydrogen) atoms. The summed E-state index contributed by atoms with van der Waals surface area (Å²) in [7, 11) is -1.97. The van der Waals surface area contributed by atoms with Gasteiger partial charge in [0.1, 0.15) is 6.61 Å². The van der Waals surface area contributed by atoms with Crippen LogP contribution in [0.15, 0.2) is 0 Å². The van der Waals surface area contributed by atoms with Crippen molar-refractivity contribution in [3.05, 3.63) is 0 Å². The first-order valence-corrected chi connectivity index (χ1v) is 9.57. The van der Waals surface area contributed by atoms with Crippen molar-refractivity contribution in [2.75, 3.05) is 38.5 Å². The Balaban J connectivity index is 4.04. The lowest BCUT2D eigenvalue weighted by atomic mass is 9.89. The summed E-state index contributed by atoms with van der Waals surface area (Å²) in [4.78, 5) is 31.6. The standard InChI is InChI=1S/C12H27N2O4PS/c1-4-14(8-6-13)7-5-12(2,3)11(15)18-9-10-20-19(16)17/h16-17H,4-10,13H2,1-3H3. The molecule has 0 aliphatic heterocycles. The molecule has 0 aliphatic rings. The number of ether oxygens (including phenoxy) is 1. The van der Waals surface area contributed by atoms with Crippen molar-refractivity contribution in [2.24, 2.45) is 11.1 Å². The quantitative estimate of drug-likeness (QED) is 0.298. The Kier molecular flexibility index (Phi) is 10.8. The van der Waals surface area contributed by atoms with E-state index >= 15 is 0 Å². The first-order valence-electron chi connectivity index (χ1n) is 6.74. The van der Waals surface area contributed by atoms with Crippen LogP contribution in [0.5, 0.6) is 0 Å². The van der Waals surface area contributed by atoms with Crippen LogP contribution in [-0.2, 0) is 9.53 Å². The van der Waals surface area contributed by atoms with Gasteiger partial charge in [-0.1, -0.05) is 18.3 Å². The normalized spacial score (nSPS) is 12.2. The van der Waals surface area contributed by atoms with Crippen molar-refractivity contribution in [3.8, 4) is 0 Å². The lowest BCUT2D eigenvalue weighted by Gasteiger charge is -2.27. The maximum atomic E-state index is 12.0. The minimum absolute atomic E-state index is 0.202. The Morgan fingerprint density at radius 1 is 1.40 bits per heavy atom. The highest BCUT2D eigenvalue weighted by atomic mass is 32.7. The van der Waals surface area contributed by atoms with Gasteiger partial charge in [-0.15, -0.1) is 0 Å². The third-order valence-corrected chi connectivity index (χ3v) is 4.84. The summed E-state index contributed by atoms with van der Waals surface area (Å²) in [5.41, 5.74) is 4.99. The van der Waals surface area contributed by atoms with E-state index in [2.05, 4.69) is 11.8 Å². The molecule has 0 heterocycles. The van der Waals surface area contributed by atoms with Gasteiger partial charge in [-0.3, -0.25) is 4.79 Å². The number of esters is 1. The van der Waals surface area contributed by atoms with E-state index in [-0.39, 0.29) is 12.6 Å². The molecule has 120 valence electrons. The Bertz CT molecular complexity index is 280. The van der Waals surface area contributed by atoms with Gasteiger partial charge in [0.25, 0.3) is 0 Å². The molecule has 0 atom stereocenters. The number of hydrogen-bond donors (Lipinski definition) is 3. The number of rotatable bonds is 11. The van der Waals surface area contributed by atoms with Gasteiger partial charge in [0.15, 0.2) is 0 Å². The van der Waals surface area contributed by atoms with Gasteiger partial charge in [-0.25, -0.2) is 0 Å². The fourth-order valence-corrected chi connectivity index (χ4v) is 2.63. The van der Waals surface area contributed by atoms with E-state index < -0.39 is 13.0 Å². The maximum Gasteiger partial charge on any atom is 0.311 e. The summed E-state index contributed by atoms with van der Waals surface area (Å²) in [6.45, 7) is 9.16. The Hall–Kier alpha value is 0.0900. The van der Waals surface area contributed by atoms with Gasteiger partial charge in [0, 0.05) is 18.8 Å². The lowest BCUT2D eigenvalue weighted by Crippen LogP contribution is -2.35. The smallest absolute Gasteiger partial charge is 0.311 e. The van der Waals surface area contributed by atoms with E-state index in [9.17, 15) is 4.79 Å². The zero-order valence-electron chi connectivity index (χ0n) is 12.5. The monoisotopic (exact) mass is 326 g/mol. The van der Waals surface area contributed by atoms with Crippen molar-refractivity contribution in [1.82, 2.24) is 4.90 Å². The van der Waals surface area contributed by atoms with Crippen molar-refractivity contribution in [2.45, 2.75) is 27.2 Å². The molecule has 0 radical (unpaired) electrons. The van der Waals surface area contributed by atoms with Crippen LogP contribution in [0.2, 0.25) is 0 Å². The van der Waals surface area contributed by atoms with Gasteiger partial charge < -0.3 is 25.2 Å². The molecule has 0 amide bonds. The molecule has 6 nitrogen and oxygen atoms in total. The average molecular weight is 326 g/mol. The molecular formula is C12H27N2O4PS. The van der Waals surface area contributed by atoms with Crippen LogP contribution in [0.4, 0.5) is 0 Å². The van der Waals surface area contributed by atoms with Gasteiger partial charge in [0.05, 0.1) is 5.41 Å². The number of hydrogen-bond acceptors (Lipinski definition) is 7. The Morgan fingerprint density at radius 2 is 2.05 bits per heavy atom. The molecule has 0 fully saturated rings. The van der Waals surface area contributed by atoms with Crippen LogP contribution in [0.25, 0.3) is 0 Å². The molecule has 4 N–H and O–H groups in total. The summed E-state index contributed by atoms with van der Waals surface area (Å²) in [5, 5.41) is 0. The van der Waals surface area contributed by atoms with Crippen molar-refractivity contribution >= 4 is 24.9 Å².